The van der Waals surface area contributed by atoms with Crippen molar-refractivity contribution in [3.8, 4) is 0 Å². The quantitative estimate of drug-likeness (QED) is 0.639. The molecule has 1 atom stereocenters. The van der Waals surface area contributed by atoms with E-state index in [2.05, 4.69) is 20.8 Å². The number of rotatable bonds is 3. The van der Waals surface area contributed by atoms with Crippen molar-refractivity contribution in [1.82, 2.24) is 10.6 Å². The maximum atomic E-state index is 11.0. The van der Waals surface area contributed by atoms with Crippen LogP contribution in [0, 0.1) is 0 Å². The number of nitrogens with zero attached hydrogens (tertiary/aromatic N) is 2. The van der Waals surface area contributed by atoms with Crippen molar-refractivity contribution in [2.45, 2.75) is 6.10 Å². The summed E-state index contributed by atoms with van der Waals surface area (Å²) in [7, 11) is 0. The Labute approximate surface area is 120 Å². The summed E-state index contributed by atoms with van der Waals surface area (Å²) in [6, 6.07) is 8.00. The number of benzene rings is 1. The number of ether oxygens (including phenoxy) is 1. The van der Waals surface area contributed by atoms with Crippen molar-refractivity contribution in [3.63, 3.8) is 0 Å². The van der Waals surface area contributed by atoms with E-state index >= 15 is 0 Å². The average molecular weight is 290 g/mol. The van der Waals surface area contributed by atoms with E-state index in [9.17, 15) is 4.79 Å². The molecule has 1 unspecified atom stereocenters. The summed E-state index contributed by atoms with van der Waals surface area (Å²) >= 11 is 1.36. The summed E-state index contributed by atoms with van der Waals surface area (Å²) in [6.45, 7) is 1.45. The highest BCUT2D eigenvalue weighted by atomic mass is 32.2. The van der Waals surface area contributed by atoms with Crippen LogP contribution < -0.4 is 10.6 Å². The molecule has 7 heteroatoms. The van der Waals surface area contributed by atoms with Crippen LogP contribution in [0.25, 0.3) is 0 Å². The molecule has 0 aromatic heterocycles. The van der Waals surface area contributed by atoms with Crippen LogP contribution >= 0.6 is 11.8 Å². The molecule has 3 rings (SSSR count). The fourth-order valence-electron chi connectivity index (χ4n) is 1.95. The molecule has 2 N–H and O–H groups in total. The van der Waals surface area contributed by atoms with E-state index in [-0.39, 0.29) is 12.0 Å². The molecule has 2 fully saturated rings. The molecular formula is C13H14N4O2S. The summed E-state index contributed by atoms with van der Waals surface area (Å²) in [5.74, 6) is 0.386. The first-order chi connectivity index (χ1) is 9.81. The van der Waals surface area contributed by atoms with Gasteiger partial charge < -0.3 is 10.1 Å². The van der Waals surface area contributed by atoms with Crippen molar-refractivity contribution in [2.75, 3.05) is 19.0 Å². The maximum absolute atomic E-state index is 11.0. The van der Waals surface area contributed by atoms with E-state index in [0.29, 0.717) is 17.7 Å². The second kappa shape index (κ2) is 6.17. The van der Waals surface area contributed by atoms with Gasteiger partial charge in [-0.15, -0.1) is 5.10 Å². The average Bonchev–Trinajstić information content (AvgIpc) is 3.11. The van der Waals surface area contributed by atoms with Crippen molar-refractivity contribution in [1.29, 1.82) is 0 Å². The van der Waals surface area contributed by atoms with Gasteiger partial charge in [0.25, 0.3) is 0 Å². The third-order valence-electron chi connectivity index (χ3n) is 2.97. The molecule has 0 saturated carbocycles. The highest BCUT2D eigenvalue weighted by Gasteiger charge is 2.17. The lowest BCUT2D eigenvalue weighted by Gasteiger charge is -2.08. The summed E-state index contributed by atoms with van der Waals surface area (Å²) in [4.78, 5) is 11.0. The van der Waals surface area contributed by atoms with Gasteiger partial charge in [-0.3, -0.25) is 10.1 Å². The molecule has 6 nitrogen and oxygen atoms in total. The number of thioether (sulfide) groups is 1. The van der Waals surface area contributed by atoms with Crippen molar-refractivity contribution in [3.05, 3.63) is 35.4 Å². The van der Waals surface area contributed by atoms with Crippen LogP contribution in [0.2, 0.25) is 0 Å². The Morgan fingerprint density at radius 2 is 2.20 bits per heavy atom. The second-order valence-corrected chi connectivity index (χ2v) is 5.37. The van der Waals surface area contributed by atoms with Crippen LogP contribution in [0.4, 0.5) is 0 Å². The molecule has 104 valence electrons. The lowest BCUT2D eigenvalue weighted by Crippen LogP contribution is -2.19. The van der Waals surface area contributed by atoms with Crippen LogP contribution in [0.15, 0.2) is 34.5 Å². The fourth-order valence-corrected chi connectivity index (χ4v) is 2.58. The van der Waals surface area contributed by atoms with Crippen LogP contribution in [0.3, 0.4) is 0 Å². The number of carbonyl (C=O) groups is 1. The van der Waals surface area contributed by atoms with E-state index in [1.165, 1.54) is 11.8 Å². The van der Waals surface area contributed by atoms with Crippen molar-refractivity contribution >= 4 is 29.1 Å². The summed E-state index contributed by atoms with van der Waals surface area (Å²) in [6.07, 6.45) is 1.79. The lowest BCUT2D eigenvalue weighted by molar-refractivity contribution is -0.116. The molecule has 0 aliphatic carbocycles. The number of nitrogens with one attached hydrogen (secondary N) is 2. The van der Waals surface area contributed by atoms with Gasteiger partial charge >= 0.3 is 0 Å². The molecular weight excluding hydrogens is 276 g/mol. The predicted molar refractivity (Wildman–Crippen MR) is 78.8 cm³/mol. The molecule has 1 aromatic rings. The topological polar surface area (TPSA) is 75.1 Å². The Hall–Kier alpha value is -1.70. The van der Waals surface area contributed by atoms with Gasteiger partial charge in [-0.2, -0.15) is 5.10 Å². The number of amides is 1. The third kappa shape index (κ3) is 3.24. The Balaban J connectivity index is 1.61. The van der Waals surface area contributed by atoms with E-state index in [4.69, 9.17) is 4.74 Å². The first kappa shape index (κ1) is 13.3. The minimum absolute atomic E-state index is 0.0292. The normalized spacial score (nSPS) is 24.7. The Bertz CT molecular complexity index is 550. The van der Waals surface area contributed by atoms with Gasteiger partial charge in [0.2, 0.25) is 5.91 Å². The van der Waals surface area contributed by atoms with Crippen LogP contribution in [-0.2, 0) is 9.53 Å². The molecule has 2 heterocycles. The van der Waals surface area contributed by atoms with Gasteiger partial charge in [-0.05, 0) is 11.1 Å². The zero-order valence-electron chi connectivity index (χ0n) is 10.7. The smallest absolute Gasteiger partial charge is 0.236 e. The maximum Gasteiger partial charge on any atom is 0.236 e. The SMILES string of the molecule is O=C1CSC(=NN=Cc2ccc(C3CNCO3)cc2)N1. The van der Waals surface area contributed by atoms with Crippen molar-refractivity contribution in [2.24, 2.45) is 10.2 Å². The molecule has 1 aromatic carbocycles. The highest BCUT2D eigenvalue weighted by molar-refractivity contribution is 8.15. The van der Waals surface area contributed by atoms with Gasteiger partial charge in [-0.25, -0.2) is 0 Å². The minimum atomic E-state index is -0.0292. The predicted octanol–water partition coefficient (Wildman–Crippen LogP) is 0.858. The fraction of sp³-hybridized carbons (Fsp3) is 0.308. The van der Waals surface area contributed by atoms with Gasteiger partial charge in [-0.1, -0.05) is 36.0 Å². The van der Waals surface area contributed by atoms with Gasteiger partial charge in [0.1, 0.15) is 0 Å². The molecule has 0 spiro atoms. The first-order valence-corrected chi connectivity index (χ1v) is 7.26. The second-order valence-electron chi connectivity index (χ2n) is 4.41. The first-order valence-electron chi connectivity index (χ1n) is 6.27. The molecule has 0 radical (unpaired) electrons. The number of hydrogen-bond acceptors (Lipinski definition) is 6. The number of carbonyl (C=O) groups excluding carboxylic acids is 1. The van der Waals surface area contributed by atoms with Crippen LogP contribution in [0.5, 0.6) is 0 Å². The van der Waals surface area contributed by atoms with Crippen LogP contribution in [-0.4, -0.2) is 36.3 Å². The van der Waals surface area contributed by atoms with Gasteiger partial charge in [0.05, 0.1) is 24.8 Å². The molecule has 2 aliphatic heterocycles. The molecule has 20 heavy (non-hydrogen) atoms. The molecule has 2 aliphatic rings. The number of amidine groups is 1. The molecule has 0 bridgehead atoms. The zero-order valence-corrected chi connectivity index (χ0v) is 11.5. The van der Waals surface area contributed by atoms with Crippen molar-refractivity contribution < 1.29 is 9.53 Å². The summed E-state index contributed by atoms with van der Waals surface area (Å²) < 4.78 is 5.53. The minimum Gasteiger partial charge on any atom is -0.357 e. The Kier molecular flexibility index (Phi) is 4.10. The molecule has 1 amide bonds. The lowest BCUT2D eigenvalue weighted by atomic mass is 10.1. The Morgan fingerprint density at radius 3 is 2.85 bits per heavy atom. The monoisotopic (exact) mass is 290 g/mol. The van der Waals surface area contributed by atoms with E-state index < -0.39 is 0 Å². The van der Waals surface area contributed by atoms with Crippen LogP contribution in [0.1, 0.15) is 17.2 Å². The van der Waals surface area contributed by atoms with E-state index in [1.807, 2.05) is 24.3 Å². The Morgan fingerprint density at radius 1 is 1.35 bits per heavy atom. The molecule has 2 saturated heterocycles. The van der Waals surface area contributed by atoms with Gasteiger partial charge in [0.15, 0.2) is 5.17 Å². The van der Waals surface area contributed by atoms with Gasteiger partial charge in [0, 0.05) is 6.54 Å². The summed E-state index contributed by atoms with van der Waals surface area (Å²) in [5.41, 5.74) is 2.11. The highest BCUT2D eigenvalue weighted by Crippen LogP contribution is 2.19. The number of hydrogen-bond donors (Lipinski definition) is 2. The summed E-state index contributed by atoms with van der Waals surface area (Å²) in [5, 5.41) is 14.2. The van der Waals surface area contributed by atoms with E-state index in [1.54, 1.807) is 6.21 Å². The van der Waals surface area contributed by atoms with E-state index in [0.717, 1.165) is 17.7 Å². The largest absolute Gasteiger partial charge is 0.357 e. The third-order valence-corrected chi connectivity index (χ3v) is 3.83. The standard InChI is InChI=1S/C13H14N4O2S/c18-12-7-20-13(16-12)17-15-5-9-1-3-10(4-2-9)11-6-14-8-19-11/h1-5,11,14H,6-8H2,(H,16,17,18). The zero-order chi connectivity index (χ0) is 13.8.